The van der Waals surface area contributed by atoms with Crippen LogP contribution in [0.5, 0.6) is 11.5 Å². The van der Waals surface area contributed by atoms with Crippen LogP contribution in [0, 0.1) is 5.82 Å². The van der Waals surface area contributed by atoms with Crippen LogP contribution in [-0.2, 0) is 0 Å². The van der Waals surface area contributed by atoms with Crippen LogP contribution in [0.3, 0.4) is 0 Å². The number of hydrogen-bond acceptors (Lipinski definition) is 5. The van der Waals surface area contributed by atoms with E-state index in [4.69, 9.17) is 9.47 Å². The maximum atomic E-state index is 13.3. The Labute approximate surface area is 139 Å². The first-order chi connectivity index (χ1) is 11.7. The van der Waals surface area contributed by atoms with Gasteiger partial charge in [0, 0.05) is 18.5 Å². The predicted molar refractivity (Wildman–Crippen MR) is 91.3 cm³/mol. The lowest BCUT2D eigenvalue weighted by atomic mass is 10.2. The molecule has 1 aromatic heterocycles. The van der Waals surface area contributed by atoms with Crippen LogP contribution in [-0.4, -0.2) is 37.3 Å². The molecule has 0 amide bonds. The van der Waals surface area contributed by atoms with Crippen LogP contribution in [0.1, 0.15) is 0 Å². The smallest absolute Gasteiger partial charge is 0.139 e. The largest absolute Gasteiger partial charge is 0.497 e. The number of likely N-dealkylation sites (N-methyl/N-ethyl adjacent to an activating group) is 1. The Balaban J connectivity index is 1.65. The summed E-state index contributed by atoms with van der Waals surface area (Å²) in [7, 11) is 3.55. The highest BCUT2D eigenvalue weighted by Crippen LogP contribution is 2.22. The third-order valence-corrected chi connectivity index (χ3v) is 3.69. The molecule has 0 spiro atoms. The first kappa shape index (κ1) is 16.0. The van der Waals surface area contributed by atoms with E-state index in [-0.39, 0.29) is 5.82 Å². The van der Waals surface area contributed by atoms with Crippen LogP contribution >= 0.6 is 0 Å². The minimum Gasteiger partial charge on any atom is -0.497 e. The summed E-state index contributed by atoms with van der Waals surface area (Å²) in [6, 6.07) is 11.9. The standard InChI is InChI=1S/C18H18FN3O2/c1-22(9-10-24-15-6-4-14(23-2)5-7-15)18-16-8-3-13(19)11-17(16)20-12-21-18/h3-8,11-12H,9-10H2,1-2H3. The quantitative estimate of drug-likeness (QED) is 0.695. The molecule has 0 aliphatic heterocycles. The Morgan fingerprint density at radius 1 is 1.04 bits per heavy atom. The molecule has 5 nitrogen and oxygen atoms in total. The van der Waals surface area contributed by atoms with Gasteiger partial charge in [-0.1, -0.05) is 0 Å². The highest BCUT2D eigenvalue weighted by Gasteiger charge is 2.09. The molecule has 0 bridgehead atoms. The highest BCUT2D eigenvalue weighted by molar-refractivity contribution is 5.89. The van der Waals surface area contributed by atoms with Gasteiger partial charge in [-0.25, -0.2) is 14.4 Å². The third-order valence-electron chi connectivity index (χ3n) is 3.69. The summed E-state index contributed by atoms with van der Waals surface area (Å²) in [6.45, 7) is 1.13. The number of anilines is 1. The van der Waals surface area contributed by atoms with Crippen molar-refractivity contribution in [1.29, 1.82) is 0 Å². The SMILES string of the molecule is COc1ccc(OCCN(C)c2ncnc3cc(F)ccc23)cc1. The van der Waals surface area contributed by atoms with E-state index < -0.39 is 0 Å². The lowest BCUT2D eigenvalue weighted by Gasteiger charge is -2.19. The predicted octanol–water partition coefficient (Wildman–Crippen LogP) is 3.29. The Morgan fingerprint density at radius 2 is 1.79 bits per heavy atom. The van der Waals surface area contributed by atoms with Gasteiger partial charge < -0.3 is 14.4 Å². The van der Waals surface area contributed by atoms with Crippen molar-refractivity contribution in [3.63, 3.8) is 0 Å². The molecule has 0 N–H and O–H groups in total. The fourth-order valence-electron chi connectivity index (χ4n) is 2.40. The van der Waals surface area contributed by atoms with Gasteiger partial charge in [0.2, 0.25) is 0 Å². The molecule has 0 atom stereocenters. The third kappa shape index (κ3) is 3.53. The molecule has 0 aliphatic carbocycles. The molecule has 3 rings (SSSR count). The summed E-state index contributed by atoms with van der Waals surface area (Å²) >= 11 is 0. The van der Waals surface area contributed by atoms with E-state index in [0.717, 1.165) is 22.7 Å². The van der Waals surface area contributed by atoms with Crippen molar-refractivity contribution >= 4 is 16.7 Å². The van der Waals surface area contributed by atoms with Gasteiger partial charge in [0.15, 0.2) is 0 Å². The van der Waals surface area contributed by atoms with Gasteiger partial charge in [-0.15, -0.1) is 0 Å². The number of rotatable bonds is 6. The van der Waals surface area contributed by atoms with Gasteiger partial charge >= 0.3 is 0 Å². The fourth-order valence-corrected chi connectivity index (χ4v) is 2.40. The highest BCUT2D eigenvalue weighted by atomic mass is 19.1. The van der Waals surface area contributed by atoms with E-state index in [1.54, 1.807) is 13.2 Å². The van der Waals surface area contributed by atoms with Crippen molar-refractivity contribution in [2.45, 2.75) is 0 Å². The lowest BCUT2D eigenvalue weighted by Crippen LogP contribution is -2.25. The number of aromatic nitrogens is 2. The van der Waals surface area contributed by atoms with Crippen LogP contribution in [0.4, 0.5) is 10.2 Å². The molecular formula is C18H18FN3O2. The molecule has 0 saturated heterocycles. The van der Waals surface area contributed by atoms with Crippen LogP contribution in [0.15, 0.2) is 48.8 Å². The first-order valence-corrected chi connectivity index (χ1v) is 7.55. The summed E-state index contributed by atoms with van der Waals surface area (Å²) in [4.78, 5) is 10.4. The monoisotopic (exact) mass is 327 g/mol. The number of fused-ring (bicyclic) bond motifs is 1. The summed E-state index contributed by atoms with van der Waals surface area (Å²) < 4.78 is 24.2. The summed E-state index contributed by atoms with van der Waals surface area (Å²) in [5, 5.41) is 0.811. The molecule has 0 unspecified atom stereocenters. The Bertz CT molecular complexity index is 824. The Hall–Kier alpha value is -2.89. The van der Waals surface area contributed by atoms with Gasteiger partial charge in [0.05, 0.1) is 19.2 Å². The maximum Gasteiger partial charge on any atom is 0.139 e. The zero-order valence-corrected chi connectivity index (χ0v) is 13.6. The second kappa shape index (κ2) is 7.12. The van der Waals surface area contributed by atoms with E-state index in [9.17, 15) is 4.39 Å². The molecule has 1 heterocycles. The molecule has 0 radical (unpaired) electrons. The van der Waals surface area contributed by atoms with Gasteiger partial charge in [-0.3, -0.25) is 0 Å². The molecule has 0 fully saturated rings. The van der Waals surface area contributed by atoms with Gasteiger partial charge in [-0.2, -0.15) is 0 Å². The normalized spacial score (nSPS) is 10.6. The molecule has 0 aliphatic rings. The molecule has 2 aromatic carbocycles. The second-order valence-electron chi connectivity index (χ2n) is 5.30. The van der Waals surface area contributed by atoms with Crippen LogP contribution in [0.2, 0.25) is 0 Å². The second-order valence-corrected chi connectivity index (χ2v) is 5.30. The summed E-state index contributed by atoms with van der Waals surface area (Å²) in [5.41, 5.74) is 0.586. The Morgan fingerprint density at radius 3 is 2.54 bits per heavy atom. The van der Waals surface area contributed by atoms with Crippen molar-refractivity contribution in [3.05, 3.63) is 54.6 Å². The average Bonchev–Trinajstić information content (AvgIpc) is 2.61. The van der Waals surface area contributed by atoms with Gasteiger partial charge in [0.1, 0.15) is 36.1 Å². The van der Waals surface area contributed by atoms with Gasteiger partial charge in [0.25, 0.3) is 0 Å². The summed E-state index contributed by atoms with van der Waals surface area (Å²) in [5.74, 6) is 2.01. The average molecular weight is 327 g/mol. The van der Waals surface area contributed by atoms with Crippen LogP contribution in [0.25, 0.3) is 10.9 Å². The number of hydrogen-bond donors (Lipinski definition) is 0. The molecule has 6 heteroatoms. The number of nitrogens with zero attached hydrogens (tertiary/aromatic N) is 3. The molecule has 24 heavy (non-hydrogen) atoms. The zero-order chi connectivity index (χ0) is 16.9. The van der Waals surface area contributed by atoms with E-state index >= 15 is 0 Å². The first-order valence-electron chi connectivity index (χ1n) is 7.55. The molecular weight excluding hydrogens is 309 g/mol. The minimum absolute atomic E-state index is 0.308. The van der Waals surface area contributed by atoms with E-state index in [1.807, 2.05) is 36.2 Å². The minimum atomic E-state index is -0.308. The van der Waals surface area contributed by atoms with E-state index in [1.165, 1.54) is 18.5 Å². The lowest BCUT2D eigenvalue weighted by molar-refractivity contribution is 0.325. The Kier molecular flexibility index (Phi) is 4.74. The zero-order valence-electron chi connectivity index (χ0n) is 13.6. The number of benzene rings is 2. The number of halogens is 1. The maximum absolute atomic E-state index is 13.3. The molecule has 3 aromatic rings. The topological polar surface area (TPSA) is 47.5 Å². The molecule has 0 saturated carbocycles. The van der Waals surface area contributed by atoms with Crippen molar-refractivity contribution in [1.82, 2.24) is 9.97 Å². The van der Waals surface area contributed by atoms with E-state index in [2.05, 4.69) is 9.97 Å². The van der Waals surface area contributed by atoms with Gasteiger partial charge in [-0.05, 0) is 36.4 Å². The van der Waals surface area contributed by atoms with Crippen molar-refractivity contribution in [3.8, 4) is 11.5 Å². The van der Waals surface area contributed by atoms with Crippen LogP contribution < -0.4 is 14.4 Å². The summed E-state index contributed by atoms with van der Waals surface area (Å²) in [6.07, 6.45) is 1.44. The molecule has 124 valence electrons. The number of ether oxygens (including phenoxy) is 2. The number of methoxy groups -OCH3 is 1. The fraction of sp³-hybridized carbons (Fsp3) is 0.222. The van der Waals surface area contributed by atoms with Crippen molar-refractivity contribution < 1.29 is 13.9 Å². The van der Waals surface area contributed by atoms with Crippen molar-refractivity contribution in [2.24, 2.45) is 0 Å². The van der Waals surface area contributed by atoms with Crippen molar-refractivity contribution in [2.75, 3.05) is 32.2 Å². The van der Waals surface area contributed by atoms with E-state index in [0.29, 0.717) is 18.7 Å².